The van der Waals surface area contributed by atoms with E-state index in [0.717, 1.165) is 32.1 Å². The van der Waals surface area contributed by atoms with E-state index in [2.05, 4.69) is 4.90 Å². The molecule has 6 heteroatoms. The summed E-state index contributed by atoms with van der Waals surface area (Å²) in [7, 11) is 0. The number of aldehydes is 1. The fraction of sp³-hybridized carbons (Fsp3) is 0.867. The number of carbonyl (C=O) groups is 2. The fourth-order valence-corrected chi connectivity index (χ4v) is 3.84. The van der Waals surface area contributed by atoms with Gasteiger partial charge in [-0.05, 0) is 39.0 Å². The van der Waals surface area contributed by atoms with Crippen LogP contribution in [0.5, 0.6) is 0 Å². The molecule has 1 radical (unpaired) electrons. The first kappa shape index (κ1) is 16.4. The molecule has 0 saturated carbocycles. The summed E-state index contributed by atoms with van der Waals surface area (Å²) in [5.74, 6) is -1.26. The zero-order valence-electron chi connectivity index (χ0n) is 12.6. The highest BCUT2D eigenvalue weighted by molar-refractivity contribution is 5.70. The van der Waals surface area contributed by atoms with Gasteiger partial charge in [-0.25, -0.2) is 5.32 Å². The Labute approximate surface area is 125 Å². The summed E-state index contributed by atoms with van der Waals surface area (Å²) in [5.41, 5.74) is -1.33. The number of carboxylic acid groups (broad SMARTS) is 1. The van der Waals surface area contributed by atoms with E-state index in [4.69, 9.17) is 5.32 Å². The Kier molecular flexibility index (Phi) is 5.01. The Morgan fingerprint density at radius 2 is 2.24 bits per heavy atom. The quantitative estimate of drug-likeness (QED) is 0.725. The second-order valence-corrected chi connectivity index (χ2v) is 6.45. The molecule has 2 N–H and O–H groups in total. The Morgan fingerprint density at radius 1 is 1.48 bits per heavy atom. The van der Waals surface area contributed by atoms with E-state index in [0.29, 0.717) is 25.8 Å². The molecule has 0 spiro atoms. The maximum absolute atomic E-state index is 11.6. The standard InChI is InChI=1S/C15H25N2O4/c1-14(11-19)5-2-3-8-17(14)15(6-9-18)10-12(13(20)21)4-7-16-15/h11-12,18H,2-10H2,1H3,(H,20,21). The number of carbonyl (C=O) groups excluding carboxylic acids is 1. The van der Waals surface area contributed by atoms with Crippen LogP contribution >= 0.6 is 0 Å². The summed E-state index contributed by atoms with van der Waals surface area (Å²) in [6.45, 7) is 3.05. The molecule has 119 valence electrons. The van der Waals surface area contributed by atoms with Crippen LogP contribution in [0.3, 0.4) is 0 Å². The van der Waals surface area contributed by atoms with Crippen LogP contribution < -0.4 is 5.32 Å². The molecule has 2 rings (SSSR count). The summed E-state index contributed by atoms with van der Waals surface area (Å²) in [4.78, 5) is 25.1. The highest BCUT2D eigenvalue weighted by Gasteiger charge is 2.50. The molecule has 0 aliphatic carbocycles. The van der Waals surface area contributed by atoms with Crippen molar-refractivity contribution < 1.29 is 19.8 Å². The lowest BCUT2D eigenvalue weighted by atomic mass is 9.79. The van der Waals surface area contributed by atoms with E-state index in [9.17, 15) is 19.8 Å². The maximum atomic E-state index is 11.6. The van der Waals surface area contributed by atoms with Crippen LogP contribution in [0, 0.1) is 5.92 Å². The summed E-state index contributed by atoms with van der Waals surface area (Å²) in [5, 5.41) is 23.5. The van der Waals surface area contributed by atoms with E-state index in [1.54, 1.807) is 0 Å². The van der Waals surface area contributed by atoms with Crippen molar-refractivity contribution in [1.82, 2.24) is 10.2 Å². The highest BCUT2D eigenvalue weighted by atomic mass is 16.4. The van der Waals surface area contributed by atoms with Crippen molar-refractivity contribution in [3.8, 4) is 0 Å². The molecule has 0 aromatic rings. The van der Waals surface area contributed by atoms with Gasteiger partial charge in [-0.2, -0.15) is 0 Å². The number of piperidine rings is 2. The molecule has 3 atom stereocenters. The molecule has 2 saturated heterocycles. The number of carboxylic acids is 1. The van der Waals surface area contributed by atoms with Gasteiger partial charge < -0.3 is 15.0 Å². The number of hydrogen-bond acceptors (Lipinski definition) is 4. The van der Waals surface area contributed by atoms with Gasteiger partial charge in [0.05, 0.1) is 17.1 Å². The molecule has 2 fully saturated rings. The van der Waals surface area contributed by atoms with Crippen LogP contribution in [0.15, 0.2) is 0 Å². The molecule has 2 heterocycles. The lowest BCUT2D eigenvalue weighted by molar-refractivity contribution is -0.151. The molecule has 0 aromatic carbocycles. The van der Waals surface area contributed by atoms with Crippen molar-refractivity contribution in [1.29, 1.82) is 0 Å². The van der Waals surface area contributed by atoms with Gasteiger partial charge in [0.25, 0.3) is 0 Å². The first-order chi connectivity index (χ1) is 9.97. The summed E-state index contributed by atoms with van der Waals surface area (Å²) in [6.07, 6.45) is 5.00. The SMILES string of the molecule is CC1(C=O)CCCCN1C1(CCO)CC(C(=O)O)CC[N]1. The summed E-state index contributed by atoms with van der Waals surface area (Å²) >= 11 is 0. The fourth-order valence-electron chi connectivity index (χ4n) is 3.84. The van der Waals surface area contributed by atoms with Crippen LogP contribution in [0.4, 0.5) is 0 Å². The second kappa shape index (κ2) is 6.42. The minimum Gasteiger partial charge on any atom is -0.481 e. The molecule has 0 amide bonds. The molecular formula is C15H25N2O4. The minimum absolute atomic E-state index is 0.0543. The van der Waals surface area contributed by atoms with E-state index >= 15 is 0 Å². The van der Waals surface area contributed by atoms with Crippen molar-refractivity contribution in [2.75, 3.05) is 19.7 Å². The predicted octanol–water partition coefficient (Wildman–Crippen LogP) is 0.608. The molecule has 21 heavy (non-hydrogen) atoms. The van der Waals surface area contributed by atoms with Crippen molar-refractivity contribution in [2.24, 2.45) is 5.92 Å². The van der Waals surface area contributed by atoms with Gasteiger partial charge in [-0.3, -0.25) is 9.69 Å². The first-order valence-electron chi connectivity index (χ1n) is 7.74. The summed E-state index contributed by atoms with van der Waals surface area (Å²) < 4.78 is 0. The smallest absolute Gasteiger partial charge is 0.306 e. The van der Waals surface area contributed by atoms with Gasteiger partial charge in [0, 0.05) is 26.1 Å². The number of aliphatic hydroxyl groups is 1. The number of aliphatic carboxylic acids is 1. The van der Waals surface area contributed by atoms with Crippen molar-refractivity contribution >= 4 is 12.3 Å². The number of likely N-dealkylation sites (tertiary alicyclic amines) is 1. The summed E-state index contributed by atoms with van der Waals surface area (Å²) in [6, 6.07) is 0. The Morgan fingerprint density at radius 3 is 2.86 bits per heavy atom. The van der Waals surface area contributed by atoms with Gasteiger partial charge in [0.1, 0.15) is 6.29 Å². The predicted molar refractivity (Wildman–Crippen MR) is 76.8 cm³/mol. The number of nitrogens with zero attached hydrogens (tertiary/aromatic N) is 2. The topological polar surface area (TPSA) is 91.9 Å². The highest BCUT2D eigenvalue weighted by Crippen LogP contribution is 2.40. The average molecular weight is 297 g/mol. The van der Waals surface area contributed by atoms with Gasteiger partial charge in [0.15, 0.2) is 0 Å². The van der Waals surface area contributed by atoms with Crippen LogP contribution in [0.2, 0.25) is 0 Å². The molecule has 0 bridgehead atoms. The number of rotatable bonds is 5. The van der Waals surface area contributed by atoms with E-state index in [1.165, 1.54) is 0 Å². The van der Waals surface area contributed by atoms with E-state index in [-0.39, 0.29) is 6.61 Å². The monoisotopic (exact) mass is 297 g/mol. The normalized spacial score (nSPS) is 38.1. The molecular weight excluding hydrogens is 272 g/mol. The average Bonchev–Trinajstić information content (AvgIpc) is 2.48. The second-order valence-electron chi connectivity index (χ2n) is 6.45. The third-order valence-electron chi connectivity index (χ3n) is 5.01. The maximum Gasteiger partial charge on any atom is 0.306 e. The third kappa shape index (κ3) is 3.12. The first-order valence-corrected chi connectivity index (χ1v) is 7.74. The number of hydrogen-bond donors (Lipinski definition) is 2. The van der Waals surface area contributed by atoms with Crippen LogP contribution in [0.25, 0.3) is 0 Å². The Hall–Kier alpha value is -0.980. The van der Waals surface area contributed by atoms with E-state index < -0.39 is 23.1 Å². The van der Waals surface area contributed by atoms with Crippen LogP contribution in [-0.4, -0.2) is 58.3 Å². The minimum atomic E-state index is -0.808. The van der Waals surface area contributed by atoms with Crippen molar-refractivity contribution in [2.45, 2.75) is 56.7 Å². The van der Waals surface area contributed by atoms with Crippen molar-refractivity contribution in [3.63, 3.8) is 0 Å². The van der Waals surface area contributed by atoms with Crippen LogP contribution in [-0.2, 0) is 9.59 Å². The molecule has 2 aliphatic heterocycles. The van der Waals surface area contributed by atoms with Gasteiger partial charge in [-0.1, -0.05) is 0 Å². The Bertz CT molecular complexity index is 399. The van der Waals surface area contributed by atoms with E-state index in [1.807, 2.05) is 6.92 Å². The van der Waals surface area contributed by atoms with Gasteiger partial charge >= 0.3 is 5.97 Å². The largest absolute Gasteiger partial charge is 0.481 e. The molecule has 0 aromatic heterocycles. The van der Waals surface area contributed by atoms with Crippen molar-refractivity contribution in [3.05, 3.63) is 0 Å². The van der Waals surface area contributed by atoms with Gasteiger partial charge in [0.2, 0.25) is 0 Å². The van der Waals surface area contributed by atoms with Crippen LogP contribution in [0.1, 0.15) is 45.4 Å². The molecule has 3 unspecified atom stereocenters. The zero-order valence-corrected chi connectivity index (χ0v) is 12.6. The molecule has 2 aliphatic rings. The zero-order chi connectivity index (χ0) is 15.5. The lowest BCUT2D eigenvalue weighted by Crippen LogP contribution is -2.68. The molecule has 6 nitrogen and oxygen atoms in total. The number of aliphatic hydroxyl groups excluding tert-OH is 1. The van der Waals surface area contributed by atoms with Gasteiger partial charge in [-0.15, -0.1) is 0 Å². The Balaban J connectivity index is 2.31. The third-order valence-corrected chi connectivity index (χ3v) is 5.01. The lowest BCUT2D eigenvalue weighted by Gasteiger charge is -2.55.